The van der Waals surface area contributed by atoms with Gasteiger partial charge in [0.25, 0.3) is 0 Å². The van der Waals surface area contributed by atoms with Crippen molar-refractivity contribution in [3.05, 3.63) is 64.7 Å². The monoisotopic (exact) mass is 392 g/mol. The predicted octanol–water partition coefficient (Wildman–Crippen LogP) is 4.88. The highest BCUT2D eigenvalue weighted by Gasteiger charge is 2.41. The third-order valence-corrected chi connectivity index (χ3v) is 5.50. The number of rotatable bonds is 7. The van der Waals surface area contributed by atoms with Crippen molar-refractivity contribution >= 4 is 17.3 Å². The summed E-state index contributed by atoms with van der Waals surface area (Å²) in [5.74, 6) is -1.33. The molecule has 2 aromatic rings. The van der Waals surface area contributed by atoms with E-state index < -0.39 is 5.92 Å². The largest absolute Gasteiger partial charge is 0.489 e. The number of hydrogen-bond acceptors (Lipinski definition) is 4. The van der Waals surface area contributed by atoms with Gasteiger partial charge in [-0.2, -0.15) is 0 Å². The fraction of sp³-hybridized carbons (Fsp3) is 0.400. The van der Waals surface area contributed by atoms with Gasteiger partial charge in [0.2, 0.25) is 0 Å². The highest BCUT2D eigenvalue weighted by Crippen LogP contribution is 2.40. The van der Waals surface area contributed by atoms with Gasteiger partial charge in [0.15, 0.2) is 17.3 Å². The van der Waals surface area contributed by atoms with E-state index in [1.54, 1.807) is 0 Å². The van der Waals surface area contributed by atoms with E-state index in [-0.39, 0.29) is 42.5 Å². The zero-order valence-corrected chi connectivity index (χ0v) is 17.4. The Morgan fingerprint density at radius 3 is 2.31 bits per heavy atom. The van der Waals surface area contributed by atoms with Crippen molar-refractivity contribution in [1.29, 1.82) is 0 Å². The number of benzene rings is 2. The molecule has 29 heavy (non-hydrogen) atoms. The lowest BCUT2D eigenvalue weighted by molar-refractivity contribution is -0.142. The predicted molar refractivity (Wildman–Crippen MR) is 112 cm³/mol. The van der Waals surface area contributed by atoms with Crippen molar-refractivity contribution in [3.63, 3.8) is 0 Å². The summed E-state index contributed by atoms with van der Waals surface area (Å²) in [7, 11) is 0. The first-order valence-electron chi connectivity index (χ1n) is 10.3. The molecule has 0 heterocycles. The molecule has 0 amide bonds. The summed E-state index contributed by atoms with van der Waals surface area (Å²) in [4.78, 5) is 37.6. The van der Waals surface area contributed by atoms with Gasteiger partial charge in [0.1, 0.15) is 18.3 Å². The molecule has 0 radical (unpaired) electrons. The van der Waals surface area contributed by atoms with Crippen LogP contribution < -0.4 is 4.74 Å². The maximum absolute atomic E-state index is 12.7. The molecule has 0 spiro atoms. The van der Waals surface area contributed by atoms with Crippen LogP contribution in [0, 0.1) is 19.8 Å². The van der Waals surface area contributed by atoms with Crippen LogP contribution in [0.5, 0.6) is 5.75 Å². The van der Waals surface area contributed by atoms with Gasteiger partial charge in [-0.3, -0.25) is 14.4 Å². The van der Waals surface area contributed by atoms with Gasteiger partial charge in [-0.05, 0) is 43.0 Å². The molecule has 2 aromatic carbocycles. The summed E-state index contributed by atoms with van der Waals surface area (Å²) < 4.78 is 6.13. The van der Waals surface area contributed by atoms with Gasteiger partial charge in [-0.1, -0.05) is 43.3 Å². The normalized spacial score (nSPS) is 19.3. The summed E-state index contributed by atoms with van der Waals surface area (Å²) in [6.07, 6.45) is 1.34. The molecule has 1 saturated carbocycles. The lowest BCUT2D eigenvalue weighted by atomic mass is 9.73. The summed E-state index contributed by atoms with van der Waals surface area (Å²) in [6.45, 7) is 6.29. The van der Waals surface area contributed by atoms with Crippen LogP contribution in [0.3, 0.4) is 0 Å². The Kier molecular flexibility index (Phi) is 6.63. The van der Waals surface area contributed by atoms with Gasteiger partial charge >= 0.3 is 0 Å². The van der Waals surface area contributed by atoms with Crippen molar-refractivity contribution in [2.24, 2.45) is 5.92 Å². The molecule has 3 rings (SSSR count). The molecule has 0 aromatic heterocycles. The summed E-state index contributed by atoms with van der Waals surface area (Å²) in [5.41, 5.74) is 4.05. The van der Waals surface area contributed by atoms with E-state index in [0.29, 0.717) is 13.0 Å². The molecule has 0 bridgehead atoms. The molecule has 1 aliphatic rings. The molecule has 0 N–H and O–H groups in total. The Balaban J connectivity index is 1.85. The Bertz CT molecular complexity index is 896. The third kappa shape index (κ3) is 4.81. The molecule has 0 saturated heterocycles. The molecule has 0 unspecified atom stereocenters. The number of aryl methyl sites for hydroxylation is 2. The second-order valence-electron chi connectivity index (χ2n) is 7.96. The van der Waals surface area contributed by atoms with E-state index in [2.05, 4.69) is 0 Å². The highest BCUT2D eigenvalue weighted by atomic mass is 16.5. The van der Waals surface area contributed by atoms with Crippen molar-refractivity contribution in [2.45, 2.75) is 59.0 Å². The smallest absolute Gasteiger partial charge is 0.151 e. The van der Waals surface area contributed by atoms with Crippen molar-refractivity contribution in [1.82, 2.24) is 0 Å². The lowest BCUT2D eigenvalue weighted by Crippen LogP contribution is -2.38. The van der Waals surface area contributed by atoms with Crippen LogP contribution in [0.4, 0.5) is 0 Å². The standard InChI is InChI=1S/C25H28O4/c1-4-8-20(26)25-21(27)13-19(14-22(25)28)24-17(3)11-16(2)12-23(24)29-15-18-9-6-5-7-10-18/h5-7,9-12,19,25H,4,8,13-15H2,1-3H3. The first-order valence-corrected chi connectivity index (χ1v) is 10.3. The molecule has 4 nitrogen and oxygen atoms in total. The van der Waals surface area contributed by atoms with Crippen LogP contribution in [-0.4, -0.2) is 17.3 Å². The van der Waals surface area contributed by atoms with Gasteiger partial charge in [-0.25, -0.2) is 0 Å². The van der Waals surface area contributed by atoms with Crippen LogP contribution in [-0.2, 0) is 21.0 Å². The first-order chi connectivity index (χ1) is 13.9. The van der Waals surface area contributed by atoms with E-state index in [0.717, 1.165) is 28.0 Å². The number of Topliss-reactive ketones (excluding diaryl/α,β-unsaturated/α-hetero) is 3. The number of ketones is 3. The molecular formula is C25H28O4. The van der Waals surface area contributed by atoms with Crippen LogP contribution in [0.1, 0.15) is 60.8 Å². The summed E-state index contributed by atoms with van der Waals surface area (Å²) in [5, 5.41) is 0. The van der Waals surface area contributed by atoms with Crippen LogP contribution >= 0.6 is 0 Å². The molecule has 1 fully saturated rings. The minimum atomic E-state index is -1.06. The minimum Gasteiger partial charge on any atom is -0.489 e. The Morgan fingerprint density at radius 1 is 1.03 bits per heavy atom. The van der Waals surface area contributed by atoms with Crippen LogP contribution in [0.15, 0.2) is 42.5 Å². The topological polar surface area (TPSA) is 60.4 Å². The number of carbonyl (C=O) groups excluding carboxylic acids is 3. The Hall–Kier alpha value is -2.75. The molecule has 1 aliphatic carbocycles. The lowest BCUT2D eigenvalue weighted by Gasteiger charge is -2.28. The fourth-order valence-corrected chi connectivity index (χ4v) is 4.24. The molecule has 0 aliphatic heterocycles. The average Bonchev–Trinajstić information content (AvgIpc) is 2.66. The van der Waals surface area contributed by atoms with E-state index >= 15 is 0 Å². The fourth-order valence-electron chi connectivity index (χ4n) is 4.24. The van der Waals surface area contributed by atoms with Gasteiger partial charge < -0.3 is 4.74 Å². The zero-order chi connectivity index (χ0) is 21.0. The quantitative estimate of drug-likeness (QED) is 0.630. The number of hydrogen-bond donors (Lipinski definition) is 0. The molecular weight excluding hydrogens is 364 g/mol. The third-order valence-electron chi connectivity index (χ3n) is 5.50. The van der Waals surface area contributed by atoms with E-state index in [4.69, 9.17) is 4.74 Å². The molecule has 152 valence electrons. The van der Waals surface area contributed by atoms with Gasteiger partial charge in [0.05, 0.1) is 0 Å². The van der Waals surface area contributed by atoms with E-state index in [9.17, 15) is 14.4 Å². The maximum Gasteiger partial charge on any atom is 0.151 e. The highest BCUT2D eigenvalue weighted by molar-refractivity contribution is 6.21. The first kappa shape index (κ1) is 21.0. The second-order valence-corrected chi connectivity index (χ2v) is 7.96. The van der Waals surface area contributed by atoms with Crippen LogP contribution in [0.2, 0.25) is 0 Å². The van der Waals surface area contributed by atoms with Crippen molar-refractivity contribution in [3.8, 4) is 5.75 Å². The van der Waals surface area contributed by atoms with Gasteiger partial charge in [0, 0.05) is 30.7 Å². The summed E-state index contributed by atoms with van der Waals surface area (Å²) in [6, 6.07) is 13.9. The van der Waals surface area contributed by atoms with Gasteiger partial charge in [-0.15, -0.1) is 0 Å². The SMILES string of the molecule is CCCC(=O)C1C(=O)CC(c2c(C)cc(C)cc2OCc2ccccc2)CC1=O. The second kappa shape index (κ2) is 9.17. The van der Waals surface area contributed by atoms with Crippen molar-refractivity contribution < 1.29 is 19.1 Å². The zero-order valence-electron chi connectivity index (χ0n) is 17.4. The van der Waals surface area contributed by atoms with E-state index in [1.165, 1.54) is 0 Å². The molecule has 0 atom stereocenters. The van der Waals surface area contributed by atoms with E-state index in [1.807, 2.05) is 63.2 Å². The molecule has 4 heteroatoms. The number of carbonyl (C=O) groups is 3. The number of ether oxygens (including phenoxy) is 1. The summed E-state index contributed by atoms with van der Waals surface area (Å²) >= 11 is 0. The Labute approximate surface area is 172 Å². The Morgan fingerprint density at radius 2 is 1.69 bits per heavy atom. The minimum absolute atomic E-state index is 0.206. The maximum atomic E-state index is 12.7. The van der Waals surface area contributed by atoms with Crippen molar-refractivity contribution in [2.75, 3.05) is 0 Å². The average molecular weight is 392 g/mol. The van der Waals surface area contributed by atoms with Crippen LogP contribution in [0.25, 0.3) is 0 Å².